The van der Waals surface area contributed by atoms with Crippen molar-refractivity contribution in [2.75, 3.05) is 24.3 Å². The molecular weight excluding hydrogens is 285 g/mol. The summed E-state index contributed by atoms with van der Waals surface area (Å²) in [6.45, 7) is 4.76. The van der Waals surface area contributed by atoms with E-state index in [0.717, 1.165) is 17.0 Å². The first-order valence-electron chi connectivity index (χ1n) is 6.17. The average Bonchev–Trinajstić information content (AvgIpc) is 2.29. The third-order valence-electron chi connectivity index (χ3n) is 2.66. The lowest BCUT2D eigenvalue weighted by atomic mass is 10.1. The maximum absolute atomic E-state index is 13.3. The minimum absolute atomic E-state index is 0.0430. The van der Waals surface area contributed by atoms with E-state index in [1.165, 1.54) is 30.2 Å². The number of thioether (sulfide) groups is 1. The summed E-state index contributed by atoms with van der Waals surface area (Å²) in [6.07, 6.45) is 1.22. The molecule has 0 aromatic heterocycles. The van der Waals surface area contributed by atoms with E-state index in [2.05, 4.69) is 5.32 Å². The highest BCUT2D eigenvalue weighted by molar-refractivity contribution is 8.00. The Balaban J connectivity index is 2.81. The van der Waals surface area contributed by atoms with Crippen molar-refractivity contribution in [1.29, 1.82) is 0 Å². The number of sulfone groups is 1. The smallest absolute Gasteiger partial charge is 0.148 e. The lowest BCUT2D eigenvalue weighted by molar-refractivity contribution is 0.574. The van der Waals surface area contributed by atoms with Gasteiger partial charge in [-0.2, -0.15) is 0 Å². The van der Waals surface area contributed by atoms with Crippen LogP contribution in [0.15, 0.2) is 23.1 Å². The van der Waals surface area contributed by atoms with Gasteiger partial charge in [-0.3, -0.25) is 0 Å². The van der Waals surface area contributed by atoms with Gasteiger partial charge in [0, 0.05) is 22.9 Å². The number of rotatable bonds is 7. The van der Waals surface area contributed by atoms with Crippen LogP contribution in [0.5, 0.6) is 0 Å². The monoisotopic (exact) mass is 305 g/mol. The zero-order valence-corrected chi connectivity index (χ0v) is 13.1. The Labute approximate surface area is 118 Å². The average molecular weight is 305 g/mol. The first-order chi connectivity index (χ1) is 8.83. The molecular formula is C13H20FNO2S2. The van der Waals surface area contributed by atoms with Crippen LogP contribution in [0.3, 0.4) is 0 Å². The van der Waals surface area contributed by atoms with Gasteiger partial charge in [0.05, 0.1) is 5.75 Å². The van der Waals surface area contributed by atoms with Crippen LogP contribution < -0.4 is 5.32 Å². The van der Waals surface area contributed by atoms with Gasteiger partial charge < -0.3 is 5.32 Å². The zero-order valence-electron chi connectivity index (χ0n) is 11.4. The van der Waals surface area contributed by atoms with E-state index < -0.39 is 9.84 Å². The van der Waals surface area contributed by atoms with E-state index in [1.54, 1.807) is 6.07 Å². The first-order valence-corrected chi connectivity index (χ1v) is 9.21. The number of hydrogen-bond acceptors (Lipinski definition) is 4. The predicted molar refractivity (Wildman–Crippen MR) is 78.9 cm³/mol. The van der Waals surface area contributed by atoms with Gasteiger partial charge in [-0.15, -0.1) is 11.8 Å². The van der Waals surface area contributed by atoms with E-state index in [4.69, 9.17) is 0 Å². The van der Waals surface area contributed by atoms with Gasteiger partial charge in [0.1, 0.15) is 15.7 Å². The van der Waals surface area contributed by atoms with E-state index in [1.807, 2.05) is 13.8 Å². The fraction of sp³-hybridized carbons (Fsp3) is 0.538. The van der Waals surface area contributed by atoms with Crippen molar-refractivity contribution >= 4 is 21.6 Å². The molecule has 108 valence electrons. The Morgan fingerprint density at radius 3 is 2.68 bits per heavy atom. The Kier molecular flexibility index (Phi) is 6.29. The number of halogens is 1. The summed E-state index contributed by atoms with van der Waals surface area (Å²) in [6, 6.07) is 4.67. The van der Waals surface area contributed by atoms with Gasteiger partial charge in [0.15, 0.2) is 0 Å². The molecule has 0 heterocycles. The van der Waals surface area contributed by atoms with Crippen LogP contribution >= 0.6 is 11.8 Å². The third-order valence-corrected chi connectivity index (χ3v) is 4.96. The molecule has 0 aliphatic carbocycles. The Morgan fingerprint density at radius 1 is 1.42 bits per heavy atom. The van der Waals surface area contributed by atoms with Crippen molar-refractivity contribution in [1.82, 2.24) is 5.32 Å². The van der Waals surface area contributed by atoms with E-state index in [-0.39, 0.29) is 17.6 Å². The molecule has 0 saturated heterocycles. The van der Waals surface area contributed by atoms with Crippen molar-refractivity contribution in [3.8, 4) is 0 Å². The van der Waals surface area contributed by atoms with Crippen LogP contribution in [0.25, 0.3) is 0 Å². The molecule has 0 saturated carbocycles. The molecule has 1 aromatic rings. The first kappa shape index (κ1) is 16.5. The number of benzene rings is 1. The number of nitrogens with one attached hydrogen (secondary N) is 1. The minimum Gasteiger partial charge on any atom is -0.310 e. The summed E-state index contributed by atoms with van der Waals surface area (Å²) in [7, 11) is -2.96. The molecule has 1 aromatic carbocycles. The van der Waals surface area contributed by atoms with Crippen LogP contribution in [-0.4, -0.2) is 32.7 Å². The molecule has 0 aliphatic rings. The van der Waals surface area contributed by atoms with Crippen LogP contribution in [0.2, 0.25) is 0 Å². The summed E-state index contributed by atoms with van der Waals surface area (Å²) in [5.74, 6) is 0.340. The van der Waals surface area contributed by atoms with E-state index in [9.17, 15) is 12.8 Å². The van der Waals surface area contributed by atoms with Gasteiger partial charge in [0.25, 0.3) is 0 Å². The Bertz CT molecular complexity index is 517. The maximum Gasteiger partial charge on any atom is 0.148 e. The molecule has 1 N–H and O–H groups in total. The molecule has 0 radical (unpaired) electrons. The summed E-state index contributed by atoms with van der Waals surface area (Å²) >= 11 is 1.45. The molecule has 1 rings (SSSR count). The fourth-order valence-corrected chi connectivity index (χ4v) is 4.04. The standard InChI is InChI=1S/C13H20FNO2S2/c1-4-15-10(2)12-9-11(14)5-6-13(12)18-7-8-19(3,16)17/h5-6,9-10,15H,4,7-8H2,1-3H3. The maximum atomic E-state index is 13.3. The largest absolute Gasteiger partial charge is 0.310 e. The van der Waals surface area contributed by atoms with Gasteiger partial charge in [-0.1, -0.05) is 6.92 Å². The van der Waals surface area contributed by atoms with Gasteiger partial charge in [-0.25, -0.2) is 12.8 Å². The van der Waals surface area contributed by atoms with E-state index >= 15 is 0 Å². The van der Waals surface area contributed by atoms with E-state index in [0.29, 0.717) is 5.75 Å². The Morgan fingerprint density at radius 2 is 2.11 bits per heavy atom. The second-order valence-corrected chi connectivity index (χ2v) is 7.84. The van der Waals surface area contributed by atoms with Crippen LogP contribution in [-0.2, 0) is 9.84 Å². The molecule has 1 atom stereocenters. The van der Waals surface area contributed by atoms with Crippen molar-refractivity contribution in [2.24, 2.45) is 0 Å². The summed E-state index contributed by atoms with van der Waals surface area (Å²) in [4.78, 5) is 0.929. The van der Waals surface area contributed by atoms with Crippen molar-refractivity contribution in [3.63, 3.8) is 0 Å². The third kappa shape index (κ3) is 5.93. The highest BCUT2D eigenvalue weighted by Crippen LogP contribution is 2.28. The molecule has 19 heavy (non-hydrogen) atoms. The molecule has 3 nitrogen and oxygen atoms in total. The molecule has 0 amide bonds. The Hall–Kier alpha value is -0.590. The lowest BCUT2D eigenvalue weighted by Gasteiger charge is -2.17. The molecule has 6 heteroatoms. The molecule has 0 fully saturated rings. The van der Waals surface area contributed by atoms with Gasteiger partial charge in [-0.05, 0) is 37.2 Å². The predicted octanol–water partition coefficient (Wildman–Crippen LogP) is 2.63. The summed E-state index contributed by atoms with van der Waals surface area (Å²) in [5, 5.41) is 3.24. The fourth-order valence-electron chi connectivity index (χ4n) is 1.71. The summed E-state index contributed by atoms with van der Waals surface area (Å²) in [5.41, 5.74) is 0.875. The minimum atomic E-state index is -2.96. The van der Waals surface area contributed by atoms with Crippen molar-refractivity contribution in [2.45, 2.75) is 24.8 Å². The second-order valence-electron chi connectivity index (χ2n) is 4.44. The van der Waals surface area contributed by atoms with Crippen LogP contribution in [0.1, 0.15) is 25.5 Å². The zero-order chi connectivity index (χ0) is 14.5. The topological polar surface area (TPSA) is 46.2 Å². The van der Waals surface area contributed by atoms with Gasteiger partial charge >= 0.3 is 0 Å². The van der Waals surface area contributed by atoms with Crippen LogP contribution in [0.4, 0.5) is 4.39 Å². The molecule has 0 spiro atoms. The normalized spacial score (nSPS) is 13.5. The molecule has 0 bridgehead atoms. The second kappa shape index (κ2) is 7.26. The number of hydrogen-bond donors (Lipinski definition) is 1. The molecule has 0 aliphatic heterocycles. The molecule has 1 unspecified atom stereocenters. The van der Waals surface area contributed by atoms with Crippen LogP contribution in [0, 0.1) is 5.82 Å². The lowest BCUT2D eigenvalue weighted by Crippen LogP contribution is -2.18. The highest BCUT2D eigenvalue weighted by atomic mass is 32.2. The van der Waals surface area contributed by atoms with Gasteiger partial charge in [0.2, 0.25) is 0 Å². The highest BCUT2D eigenvalue weighted by Gasteiger charge is 2.12. The summed E-state index contributed by atoms with van der Waals surface area (Å²) < 4.78 is 35.5. The SMILES string of the molecule is CCNC(C)c1cc(F)ccc1SCCS(C)(=O)=O. The van der Waals surface area contributed by atoms with Crippen molar-refractivity contribution in [3.05, 3.63) is 29.6 Å². The quantitative estimate of drug-likeness (QED) is 0.787. The van der Waals surface area contributed by atoms with Crippen molar-refractivity contribution < 1.29 is 12.8 Å².